The van der Waals surface area contributed by atoms with Gasteiger partial charge in [0, 0.05) is 35.0 Å². The number of hydrogen-bond donors (Lipinski definition) is 2. The van der Waals surface area contributed by atoms with E-state index in [1.165, 1.54) is 0 Å². The molecule has 4 nitrogen and oxygen atoms in total. The van der Waals surface area contributed by atoms with E-state index < -0.39 is 0 Å². The quantitative estimate of drug-likeness (QED) is 0.844. The van der Waals surface area contributed by atoms with E-state index in [0.717, 1.165) is 21.4 Å². The van der Waals surface area contributed by atoms with Crippen LogP contribution in [0.1, 0.15) is 11.3 Å². The molecule has 0 aliphatic heterocycles. The zero-order chi connectivity index (χ0) is 13.8. The third kappa shape index (κ3) is 3.78. The number of rotatable bonds is 3. The predicted molar refractivity (Wildman–Crippen MR) is 85.1 cm³/mol. The maximum absolute atomic E-state index is 5.26. The summed E-state index contributed by atoms with van der Waals surface area (Å²) in [5.41, 5.74) is 3.24. The van der Waals surface area contributed by atoms with Crippen molar-refractivity contribution in [1.82, 2.24) is 15.1 Å². The van der Waals surface area contributed by atoms with Gasteiger partial charge in [-0.05, 0) is 43.4 Å². The smallest absolute Gasteiger partial charge is 0.171 e. The van der Waals surface area contributed by atoms with Gasteiger partial charge < -0.3 is 10.6 Å². The summed E-state index contributed by atoms with van der Waals surface area (Å²) in [6.45, 7) is 2.71. The van der Waals surface area contributed by atoms with Gasteiger partial charge in [-0.3, -0.25) is 4.68 Å². The number of nitrogens with one attached hydrogen (secondary N) is 2. The zero-order valence-corrected chi connectivity index (χ0v) is 13.2. The van der Waals surface area contributed by atoms with Gasteiger partial charge in [-0.2, -0.15) is 5.10 Å². The minimum Gasteiger partial charge on any atom is -0.358 e. The second kappa shape index (κ2) is 6.16. The lowest BCUT2D eigenvalue weighted by Gasteiger charge is -2.10. The maximum atomic E-state index is 5.26. The summed E-state index contributed by atoms with van der Waals surface area (Å²) < 4.78 is 2.89. The third-order valence-electron chi connectivity index (χ3n) is 2.88. The zero-order valence-electron chi connectivity index (χ0n) is 10.8. The summed E-state index contributed by atoms with van der Waals surface area (Å²) in [7, 11) is 1.93. The van der Waals surface area contributed by atoms with Gasteiger partial charge in [-0.25, -0.2) is 0 Å². The van der Waals surface area contributed by atoms with Crippen molar-refractivity contribution in [1.29, 1.82) is 0 Å². The summed E-state index contributed by atoms with van der Waals surface area (Å²) >= 11 is 8.65. The summed E-state index contributed by atoms with van der Waals surface area (Å²) in [6.07, 6.45) is 1.85. The van der Waals surface area contributed by atoms with Gasteiger partial charge in [-0.1, -0.05) is 15.9 Å². The van der Waals surface area contributed by atoms with Crippen LogP contribution in [0.15, 0.2) is 34.9 Å². The van der Waals surface area contributed by atoms with E-state index in [2.05, 4.69) is 31.7 Å². The summed E-state index contributed by atoms with van der Waals surface area (Å²) in [5.74, 6) is 0. The Bertz CT molecular complexity index is 577. The highest BCUT2D eigenvalue weighted by molar-refractivity contribution is 9.10. The average Bonchev–Trinajstić information content (AvgIpc) is 2.70. The highest BCUT2D eigenvalue weighted by atomic mass is 79.9. The van der Waals surface area contributed by atoms with Crippen molar-refractivity contribution in [3.63, 3.8) is 0 Å². The molecule has 0 saturated carbocycles. The van der Waals surface area contributed by atoms with Crippen LogP contribution in [0.25, 0.3) is 0 Å². The first-order valence-corrected chi connectivity index (χ1v) is 7.04. The van der Waals surface area contributed by atoms with Crippen LogP contribution >= 0.6 is 28.1 Å². The first kappa shape index (κ1) is 14.0. The van der Waals surface area contributed by atoms with Crippen LogP contribution in [-0.2, 0) is 13.6 Å². The molecule has 0 unspecified atom stereocenters. The Labute approximate surface area is 126 Å². The highest BCUT2D eigenvalue weighted by Gasteiger charge is 2.04. The Kier molecular flexibility index (Phi) is 4.55. The van der Waals surface area contributed by atoms with Gasteiger partial charge in [0.1, 0.15) is 0 Å². The SMILES string of the molecule is Cc1c(CNC(=S)Nc2ccc(Br)cc2)cnn1C. The minimum atomic E-state index is 0.602. The molecule has 2 aromatic rings. The van der Waals surface area contributed by atoms with Crippen molar-refractivity contribution in [2.24, 2.45) is 7.05 Å². The molecule has 0 fully saturated rings. The van der Waals surface area contributed by atoms with Gasteiger partial charge in [0.2, 0.25) is 0 Å². The van der Waals surface area contributed by atoms with Gasteiger partial charge in [0.25, 0.3) is 0 Å². The second-order valence-corrected chi connectivity index (χ2v) is 5.52. The molecule has 2 N–H and O–H groups in total. The number of thiocarbonyl (C=S) groups is 1. The van der Waals surface area contributed by atoms with E-state index in [9.17, 15) is 0 Å². The van der Waals surface area contributed by atoms with Crippen LogP contribution in [0.4, 0.5) is 5.69 Å². The first-order valence-electron chi connectivity index (χ1n) is 5.84. The van der Waals surface area contributed by atoms with E-state index in [1.54, 1.807) is 0 Å². The Morgan fingerprint density at radius 1 is 1.37 bits per heavy atom. The number of nitrogens with zero attached hydrogens (tertiary/aromatic N) is 2. The summed E-state index contributed by atoms with van der Waals surface area (Å²) in [5, 5.41) is 11.1. The molecular weight excluding hydrogens is 324 g/mol. The summed E-state index contributed by atoms with van der Waals surface area (Å²) in [6, 6.07) is 7.87. The number of aromatic nitrogens is 2. The van der Waals surface area contributed by atoms with Crippen molar-refractivity contribution in [3.05, 3.63) is 46.2 Å². The van der Waals surface area contributed by atoms with Gasteiger partial charge >= 0.3 is 0 Å². The minimum absolute atomic E-state index is 0.602. The first-order chi connectivity index (χ1) is 9.06. The van der Waals surface area contributed by atoms with E-state index in [0.29, 0.717) is 11.7 Å². The fourth-order valence-electron chi connectivity index (χ4n) is 1.60. The highest BCUT2D eigenvalue weighted by Crippen LogP contribution is 2.14. The Morgan fingerprint density at radius 2 is 2.05 bits per heavy atom. The third-order valence-corrected chi connectivity index (χ3v) is 3.65. The van der Waals surface area contributed by atoms with Crippen LogP contribution < -0.4 is 10.6 Å². The van der Waals surface area contributed by atoms with Crippen molar-refractivity contribution in [3.8, 4) is 0 Å². The number of aryl methyl sites for hydroxylation is 1. The number of anilines is 1. The van der Waals surface area contributed by atoms with E-state index in [1.807, 2.05) is 49.1 Å². The van der Waals surface area contributed by atoms with Crippen molar-refractivity contribution < 1.29 is 0 Å². The topological polar surface area (TPSA) is 41.9 Å². The largest absolute Gasteiger partial charge is 0.358 e. The number of halogens is 1. The molecule has 0 amide bonds. The fraction of sp³-hybridized carbons (Fsp3) is 0.231. The van der Waals surface area contributed by atoms with Crippen molar-refractivity contribution in [2.45, 2.75) is 13.5 Å². The Hall–Kier alpha value is -1.40. The monoisotopic (exact) mass is 338 g/mol. The second-order valence-electron chi connectivity index (χ2n) is 4.19. The molecule has 100 valence electrons. The molecule has 6 heteroatoms. The number of benzene rings is 1. The molecule has 2 rings (SSSR count). The molecule has 0 atom stereocenters. The van der Waals surface area contributed by atoms with Gasteiger partial charge in [0.05, 0.1) is 6.20 Å². The average molecular weight is 339 g/mol. The van der Waals surface area contributed by atoms with Crippen molar-refractivity contribution in [2.75, 3.05) is 5.32 Å². The van der Waals surface area contributed by atoms with E-state index >= 15 is 0 Å². The Balaban J connectivity index is 1.88. The fourth-order valence-corrected chi connectivity index (χ4v) is 2.06. The lowest BCUT2D eigenvalue weighted by Crippen LogP contribution is -2.28. The van der Waals surface area contributed by atoms with Crippen LogP contribution in [0, 0.1) is 6.92 Å². The molecule has 0 aliphatic rings. The van der Waals surface area contributed by atoms with Crippen LogP contribution in [0.3, 0.4) is 0 Å². The molecule has 1 aromatic heterocycles. The standard InChI is InChI=1S/C13H15BrN4S/c1-9-10(8-16-18(9)2)7-15-13(19)17-12-5-3-11(14)4-6-12/h3-6,8H,7H2,1-2H3,(H2,15,17,19). The maximum Gasteiger partial charge on any atom is 0.171 e. The van der Waals surface area contributed by atoms with Gasteiger partial charge in [0.15, 0.2) is 5.11 Å². The normalized spacial score (nSPS) is 10.3. The van der Waals surface area contributed by atoms with E-state index in [-0.39, 0.29) is 0 Å². The molecule has 0 bridgehead atoms. The molecule has 1 heterocycles. The number of hydrogen-bond acceptors (Lipinski definition) is 2. The van der Waals surface area contributed by atoms with E-state index in [4.69, 9.17) is 12.2 Å². The molecule has 0 saturated heterocycles. The molecule has 0 spiro atoms. The molecule has 19 heavy (non-hydrogen) atoms. The van der Waals surface area contributed by atoms with Crippen LogP contribution in [0.5, 0.6) is 0 Å². The van der Waals surface area contributed by atoms with Gasteiger partial charge in [-0.15, -0.1) is 0 Å². The van der Waals surface area contributed by atoms with Crippen molar-refractivity contribution >= 4 is 38.9 Å². The molecular formula is C13H15BrN4S. The van der Waals surface area contributed by atoms with Crippen LogP contribution in [-0.4, -0.2) is 14.9 Å². The van der Waals surface area contributed by atoms with Crippen LogP contribution in [0.2, 0.25) is 0 Å². The molecule has 1 aromatic carbocycles. The lowest BCUT2D eigenvalue weighted by molar-refractivity contribution is 0.736. The summed E-state index contributed by atoms with van der Waals surface area (Å²) in [4.78, 5) is 0. The predicted octanol–water partition coefficient (Wildman–Crippen LogP) is 2.98. The molecule has 0 radical (unpaired) electrons. The lowest BCUT2D eigenvalue weighted by atomic mass is 10.2. The molecule has 0 aliphatic carbocycles. The Morgan fingerprint density at radius 3 is 2.63 bits per heavy atom.